The van der Waals surface area contributed by atoms with Crippen LogP contribution in [0.1, 0.15) is 11.1 Å². The third kappa shape index (κ3) is 3.97. The van der Waals surface area contributed by atoms with Crippen molar-refractivity contribution in [1.29, 1.82) is 5.26 Å². The van der Waals surface area contributed by atoms with Crippen LogP contribution in [0.4, 0.5) is 24.8 Å². The number of hydrogen-bond acceptors (Lipinski definition) is 5. The van der Waals surface area contributed by atoms with Crippen LogP contribution in [0, 0.1) is 18.3 Å². The summed E-state index contributed by atoms with van der Waals surface area (Å²) in [5.41, 5.74) is 1.35. The average Bonchev–Trinajstić information content (AvgIpc) is 3.03. The maximum Gasteiger partial charge on any atom is 0.416 e. The summed E-state index contributed by atoms with van der Waals surface area (Å²) in [6.07, 6.45) is -0.101. The fraction of sp³-hybridized carbons (Fsp3) is 0.176. The molecule has 0 atom stereocenters. The van der Waals surface area contributed by atoms with Crippen molar-refractivity contribution in [3.63, 3.8) is 0 Å². The second-order valence-electron chi connectivity index (χ2n) is 5.55. The van der Waals surface area contributed by atoms with Gasteiger partial charge in [0, 0.05) is 18.0 Å². The Balaban J connectivity index is 1.90. The van der Waals surface area contributed by atoms with Gasteiger partial charge in [0.05, 0.1) is 23.5 Å². The number of aryl methyl sites for hydroxylation is 1. The summed E-state index contributed by atoms with van der Waals surface area (Å²) in [4.78, 5) is 8.30. The maximum atomic E-state index is 12.8. The molecule has 9 heteroatoms. The first-order valence-corrected chi connectivity index (χ1v) is 7.54. The molecule has 3 rings (SSSR count). The first-order chi connectivity index (χ1) is 12.3. The van der Waals surface area contributed by atoms with Gasteiger partial charge in [0.1, 0.15) is 18.2 Å². The standard InChI is InChI=1S/C17H13F3N6/c1-11-6-14(12-9-23-26(10-12)5-3-21)24-16(7-11)25-15-8-13(2-4-22-15)17(18,19)20/h2,4,6-10H,5H2,1H3,(H,22,24,25). The van der Waals surface area contributed by atoms with E-state index in [1.165, 1.54) is 4.68 Å². The molecule has 0 saturated heterocycles. The van der Waals surface area contributed by atoms with Gasteiger partial charge in [0.2, 0.25) is 0 Å². The third-order valence-corrected chi connectivity index (χ3v) is 3.47. The summed E-state index contributed by atoms with van der Waals surface area (Å²) in [6, 6.07) is 7.34. The second-order valence-corrected chi connectivity index (χ2v) is 5.55. The molecule has 0 fully saturated rings. The fourth-order valence-corrected chi connectivity index (χ4v) is 2.34. The van der Waals surface area contributed by atoms with Crippen molar-refractivity contribution in [2.75, 3.05) is 5.32 Å². The second kappa shape index (κ2) is 6.84. The molecular formula is C17H13F3N6. The quantitative estimate of drug-likeness (QED) is 0.764. The summed E-state index contributed by atoms with van der Waals surface area (Å²) in [7, 11) is 0. The number of rotatable bonds is 4. The van der Waals surface area contributed by atoms with Crippen LogP contribution in [0.15, 0.2) is 42.9 Å². The molecule has 132 valence electrons. The van der Waals surface area contributed by atoms with E-state index in [1.807, 2.05) is 19.1 Å². The molecule has 0 bridgehead atoms. The fourth-order valence-electron chi connectivity index (χ4n) is 2.34. The Bertz CT molecular complexity index is 971. The number of nitrogens with one attached hydrogen (secondary N) is 1. The molecule has 3 heterocycles. The van der Waals surface area contributed by atoms with Crippen molar-refractivity contribution in [2.24, 2.45) is 0 Å². The van der Waals surface area contributed by atoms with Gasteiger partial charge in [-0.15, -0.1) is 0 Å². The number of anilines is 2. The number of nitrogens with zero attached hydrogens (tertiary/aromatic N) is 5. The van der Waals surface area contributed by atoms with Crippen LogP contribution in [0.5, 0.6) is 0 Å². The zero-order chi connectivity index (χ0) is 18.7. The highest BCUT2D eigenvalue weighted by Crippen LogP contribution is 2.30. The van der Waals surface area contributed by atoms with E-state index in [1.54, 1.807) is 18.5 Å². The molecule has 0 radical (unpaired) electrons. The van der Waals surface area contributed by atoms with Gasteiger partial charge < -0.3 is 5.32 Å². The van der Waals surface area contributed by atoms with E-state index in [0.29, 0.717) is 17.1 Å². The van der Waals surface area contributed by atoms with Gasteiger partial charge in [-0.2, -0.15) is 23.5 Å². The largest absolute Gasteiger partial charge is 0.416 e. The normalized spacial score (nSPS) is 11.2. The highest BCUT2D eigenvalue weighted by molar-refractivity contribution is 5.63. The third-order valence-electron chi connectivity index (χ3n) is 3.47. The maximum absolute atomic E-state index is 12.8. The zero-order valence-corrected chi connectivity index (χ0v) is 13.6. The first kappa shape index (κ1) is 17.4. The number of pyridine rings is 2. The van der Waals surface area contributed by atoms with E-state index in [4.69, 9.17) is 5.26 Å². The van der Waals surface area contributed by atoms with E-state index < -0.39 is 11.7 Å². The Kier molecular flexibility index (Phi) is 4.58. The van der Waals surface area contributed by atoms with Crippen LogP contribution >= 0.6 is 0 Å². The van der Waals surface area contributed by atoms with Gasteiger partial charge in [-0.3, -0.25) is 4.68 Å². The molecule has 0 aromatic carbocycles. The van der Waals surface area contributed by atoms with E-state index >= 15 is 0 Å². The topological polar surface area (TPSA) is 79.4 Å². The molecule has 6 nitrogen and oxygen atoms in total. The zero-order valence-electron chi connectivity index (χ0n) is 13.6. The molecule has 0 aliphatic heterocycles. The predicted octanol–water partition coefficient (Wildman–Crippen LogP) is 3.93. The molecule has 0 amide bonds. The van der Waals surface area contributed by atoms with E-state index in [2.05, 4.69) is 20.4 Å². The van der Waals surface area contributed by atoms with E-state index in [0.717, 1.165) is 23.9 Å². The lowest BCUT2D eigenvalue weighted by Crippen LogP contribution is -2.06. The number of hydrogen-bond donors (Lipinski definition) is 1. The van der Waals surface area contributed by atoms with Crippen molar-refractivity contribution in [3.05, 3.63) is 54.0 Å². The van der Waals surface area contributed by atoms with Crippen molar-refractivity contribution in [1.82, 2.24) is 19.7 Å². The van der Waals surface area contributed by atoms with Crippen molar-refractivity contribution < 1.29 is 13.2 Å². The number of halogens is 3. The van der Waals surface area contributed by atoms with Crippen LogP contribution < -0.4 is 5.32 Å². The Morgan fingerprint density at radius 1 is 1.23 bits per heavy atom. The molecule has 0 saturated carbocycles. The monoisotopic (exact) mass is 358 g/mol. The minimum Gasteiger partial charge on any atom is -0.325 e. The number of alkyl halides is 3. The number of aromatic nitrogens is 4. The Morgan fingerprint density at radius 2 is 2.04 bits per heavy atom. The summed E-state index contributed by atoms with van der Waals surface area (Å²) < 4.78 is 39.9. The molecule has 26 heavy (non-hydrogen) atoms. The Morgan fingerprint density at radius 3 is 2.77 bits per heavy atom. The predicted molar refractivity (Wildman–Crippen MR) is 88.3 cm³/mol. The lowest BCUT2D eigenvalue weighted by molar-refractivity contribution is -0.137. The molecule has 3 aromatic rings. The molecule has 0 spiro atoms. The lowest BCUT2D eigenvalue weighted by Gasteiger charge is -2.10. The van der Waals surface area contributed by atoms with Crippen LogP contribution in [0.2, 0.25) is 0 Å². The lowest BCUT2D eigenvalue weighted by atomic mass is 10.2. The summed E-state index contributed by atoms with van der Waals surface area (Å²) in [5, 5.41) is 15.6. The number of nitriles is 1. The molecule has 0 aliphatic carbocycles. The van der Waals surface area contributed by atoms with Crippen molar-refractivity contribution in [3.8, 4) is 17.3 Å². The summed E-state index contributed by atoms with van der Waals surface area (Å²) in [5.74, 6) is 0.406. The molecule has 3 aromatic heterocycles. The van der Waals surface area contributed by atoms with Gasteiger partial charge in [-0.25, -0.2) is 9.97 Å². The van der Waals surface area contributed by atoms with Gasteiger partial charge >= 0.3 is 6.18 Å². The molecule has 0 unspecified atom stereocenters. The average molecular weight is 358 g/mol. The van der Waals surface area contributed by atoms with Gasteiger partial charge in [-0.1, -0.05) is 0 Å². The van der Waals surface area contributed by atoms with Crippen molar-refractivity contribution in [2.45, 2.75) is 19.6 Å². The van der Waals surface area contributed by atoms with Gasteiger partial charge in [-0.05, 0) is 36.8 Å². The summed E-state index contributed by atoms with van der Waals surface area (Å²) in [6.45, 7) is 1.96. The highest BCUT2D eigenvalue weighted by Gasteiger charge is 2.30. The minimum atomic E-state index is -4.44. The minimum absolute atomic E-state index is 0.0454. The van der Waals surface area contributed by atoms with Gasteiger partial charge in [0.25, 0.3) is 0 Å². The molecular weight excluding hydrogens is 345 g/mol. The highest BCUT2D eigenvalue weighted by atomic mass is 19.4. The summed E-state index contributed by atoms with van der Waals surface area (Å²) >= 11 is 0. The van der Waals surface area contributed by atoms with E-state index in [9.17, 15) is 13.2 Å². The van der Waals surface area contributed by atoms with Crippen LogP contribution in [0.25, 0.3) is 11.3 Å². The van der Waals surface area contributed by atoms with E-state index in [-0.39, 0.29) is 12.4 Å². The molecule has 1 N–H and O–H groups in total. The van der Waals surface area contributed by atoms with Crippen molar-refractivity contribution >= 4 is 11.6 Å². The SMILES string of the molecule is Cc1cc(Nc2cc(C(F)(F)F)ccn2)nc(-c2cnn(CC#N)c2)c1. The van der Waals surface area contributed by atoms with Crippen LogP contribution in [-0.4, -0.2) is 19.7 Å². The first-order valence-electron chi connectivity index (χ1n) is 7.54. The van der Waals surface area contributed by atoms with Crippen LogP contribution in [0.3, 0.4) is 0 Å². The van der Waals surface area contributed by atoms with Gasteiger partial charge in [0.15, 0.2) is 0 Å². The smallest absolute Gasteiger partial charge is 0.325 e. The Labute approximate surface area is 146 Å². The Hall–Kier alpha value is -3.41. The van der Waals surface area contributed by atoms with Crippen LogP contribution in [-0.2, 0) is 12.7 Å². The molecule has 0 aliphatic rings.